The summed E-state index contributed by atoms with van der Waals surface area (Å²) in [7, 11) is 0. The third-order valence-electron chi connectivity index (χ3n) is 1.99. The van der Waals surface area contributed by atoms with Crippen molar-refractivity contribution in [3.8, 4) is 10.6 Å². The molecule has 0 aliphatic heterocycles. The Balaban J connectivity index is 2.57. The van der Waals surface area contributed by atoms with Crippen molar-refractivity contribution in [1.29, 1.82) is 0 Å². The zero-order valence-corrected chi connectivity index (χ0v) is 8.77. The van der Waals surface area contributed by atoms with E-state index in [1.807, 2.05) is 0 Å². The lowest BCUT2D eigenvalue weighted by molar-refractivity contribution is -0.137. The molecule has 2 N–H and O–H groups in total. The van der Waals surface area contributed by atoms with Crippen LogP contribution in [0.15, 0.2) is 30.5 Å². The van der Waals surface area contributed by atoms with E-state index >= 15 is 0 Å². The van der Waals surface area contributed by atoms with Crippen LogP contribution in [0.1, 0.15) is 5.56 Å². The minimum absolute atomic E-state index is 0.0664. The lowest BCUT2D eigenvalue weighted by Gasteiger charge is -2.10. The highest BCUT2D eigenvalue weighted by Crippen LogP contribution is 2.38. The molecule has 0 radical (unpaired) electrons. The maximum atomic E-state index is 12.7. The van der Waals surface area contributed by atoms with E-state index in [4.69, 9.17) is 5.73 Å². The smallest absolute Gasteiger partial charge is 0.389 e. The maximum absolute atomic E-state index is 12.7. The Hall–Kier alpha value is -1.56. The predicted octanol–water partition coefficient (Wildman–Crippen LogP) is 3.41. The van der Waals surface area contributed by atoms with Crippen LogP contribution in [0.2, 0.25) is 0 Å². The summed E-state index contributed by atoms with van der Waals surface area (Å²) in [5, 5.41) is 0.678. The first-order chi connectivity index (χ1) is 7.48. The van der Waals surface area contributed by atoms with Crippen LogP contribution >= 0.6 is 11.3 Å². The standard InChI is InChI=1S/C10H7F3N2S/c11-10(12,13)7-4-2-1-3-6(7)9-15-5-8(14)16-9/h1-5H,14H2. The summed E-state index contributed by atoms with van der Waals surface area (Å²) >= 11 is 1.04. The molecule has 0 amide bonds. The number of alkyl halides is 3. The highest BCUT2D eigenvalue weighted by atomic mass is 32.1. The number of hydrogen-bond acceptors (Lipinski definition) is 3. The summed E-state index contributed by atoms with van der Waals surface area (Å²) in [5.41, 5.74) is 4.83. The highest BCUT2D eigenvalue weighted by molar-refractivity contribution is 7.18. The first-order valence-electron chi connectivity index (χ1n) is 4.36. The van der Waals surface area contributed by atoms with Crippen LogP contribution in [-0.4, -0.2) is 4.98 Å². The molecule has 1 aromatic heterocycles. The minimum Gasteiger partial charge on any atom is -0.389 e. The average molecular weight is 244 g/mol. The SMILES string of the molecule is Nc1cnc(-c2ccccc2C(F)(F)F)s1. The van der Waals surface area contributed by atoms with Crippen LogP contribution in [0, 0.1) is 0 Å². The number of hydrogen-bond donors (Lipinski definition) is 1. The van der Waals surface area contributed by atoms with Gasteiger partial charge < -0.3 is 5.73 Å². The highest BCUT2D eigenvalue weighted by Gasteiger charge is 2.33. The quantitative estimate of drug-likeness (QED) is 0.834. The molecule has 0 saturated carbocycles. The molecule has 0 aliphatic rings. The van der Waals surface area contributed by atoms with Crippen LogP contribution in [0.5, 0.6) is 0 Å². The number of aromatic nitrogens is 1. The molecule has 0 fully saturated rings. The van der Waals surface area contributed by atoms with Crippen LogP contribution < -0.4 is 5.73 Å². The summed E-state index contributed by atoms with van der Waals surface area (Å²) in [6, 6.07) is 5.32. The monoisotopic (exact) mass is 244 g/mol. The summed E-state index contributed by atoms with van der Waals surface area (Å²) in [6.45, 7) is 0. The first-order valence-corrected chi connectivity index (χ1v) is 5.18. The van der Waals surface area contributed by atoms with E-state index in [1.54, 1.807) is 6.07 Å². The summed E-state index contributed by atoms with van der Waals surface area (Å²) in [4.78, 5) is 3.85. The van der Waals surface area contributed by atoms with Crippen LogP contribution in [0.4, 0.5) is 18.2 Å². The molecule has 2 aromatic rings. The van der Waals surface area contributed by atoms with Crippen molar-refractivity contribution < 1.29 is 13.2 Å². The van der Waals surface area contributed by atoms with E-state index in [-0.39, 0.29) is 10.6 Å². The van der Waals surface area contributed by atoms with Crippen LogP contribution in [-0.2, 0) is 6.18 Å². The molecule has 6 heteroatoms. The predicted molar refractivity (Wildman–Crippen MR) is 57.0 cm³/mol. The lowest BCUT2D eigenvalue weighted by atomic mass is 10.1. The molecule has 0 unspecified atom stereocenters. The Kier molecular flexibility index (Phi) is 2.59. The Morgan fingerprint density at radius 2 is 1.88 bits per heavy atom. The van der Waals surface area contributed by atoms with E-state index in [2.05, 4.69) is 4.98 Å². The van der Waals surface area contributed by atoms with Crippen molar-refractivity contribution in [2.24, 2.45) is 0 Å². The Morgan fingerprint density at radius 3 is 2.44 bits per heavy atom. The number of benzene rings is 1. The fraction of sp³-hybridized carbons (Fsp3) is 0.100. The average Bonchev–Trinajstić information content (AvgIpc) is 2.64. The van der Waals surface area contributed by atoms with E-state index < -0.39 is 11.7 Å². The van der Waals surface area contributed by atoms with Gasteiger partial charge in [-0.2, -0.15) is 13.2 Å². The van der Waals surface area contributed by atoms with Crippen molar-refractivity contribution in [3.63, 3.8) is 0 Å². The van der Waals surface area contributed by atoms with Gasteiger partial charge in [0.05, 0.1) is 11.8 Å². The Labute approximate surface area is 93.5 Å². The molecule has 2 nitrogen and oxygen atoms in total. The Morgan fingerprint density at radius 1 is 1.19 bits per heavy atom. The topological polar surface area (TPSA) is 38.9 Å². The van der Waals surface area contributed by atoms with E-state index in [1.165, 1.54) is 18.3 Å². The second kappa shape index (κ2) is 3.79. The van der Waals surface area contributed by atoms with Gasteiger partial charge >= 0.3 is 6.18 Å². The molecular formula is C10H7F3N2S. The van der Waals surface area contributed by atoms with E-state index in [0.29, 0.717) is 5.00 Å². The molecule has 1 heterocycles. The third kappa shape index (κ3) is 2.01. The van der Waals surface area contributed by atoms with Crippen molar-refractivity contribution in [3.05, 3.63) is 36.0 Å². The van der Waals surface area contributed by atoms with Gasteiger partial charge in [0.2, 0.25) is 0 Å². The number of rotatable bonds is 1. The second-order valence-corrected chi connectivity index (χ2v) is 4.17. The number of thiazole rings is 1. The molecule has 1 aromatic carbocycles. The summed E-state index contributed by atoms with van der Waals surface area (Å²) < 4.78 is 38.1. The minimum atomic E-state index is -4.38. The molecule has 0 atom stereocenters. The maximum Gasteiger partial charge on any atom is 0.417 e. The van der Waals surface area contributed by atoms with Gasteiger partial charge in [-0.15, -0.1) is 0 Å². The molecule has 0 bridgehead atoms. The van der Waals surface area contributed by atoms with Crippen LogP contribution in [0.25, 0.3) is 10.6 Å². The normalized spacial score (nSPS) is 11.7. The molecule has 16 heavy (non-hydrogen) atoms. The number of nitrogen functional groups attached to an aromatic ring is 1. The molecule has 0 saturated heterocycles. The lowest BCUT2D eigenvalue weighted by Crippen LogP contribution is -2.06. The zero-order valence-electron chi connectivity index (χ0n) is 7.95. The fourth-order valence-electron chi connectivity index (χ4n) is 1.33. The van der Waals surface area contributed by atoms with Crippen molar-refractivity contribution in [2.75, 3.05) is 5.73 Å². The van der Waals surface area contributed by atoms with Crippen molar-refractivity contribution in [2.45, 2.75) is 6.18 Å². The second-order valence-electron chi connectivity index (χ2n) is 3.11. The van der Waals surface area contributed by atoms with Gasteiger partial charge in [0.15, 0.2) is 0 Å². The molecule has 2 rings (SSSR count). The number of nitrogens with zero attached hydrogens (tertiary/aromatic N) is 1. The third-order valence-corrected chi connectivity index (χ3v) is 2.85. The van der Waals surface area contributed by atoms with Gasteiger partial charge in [0.1, 0.15) is 10.0 Å². The fourth-order valence-corrected chi connectivity index (χ4v) is 2.05. The summed E-state index contributed by atoms with van der Waals surface area (Å²) in [6.07, 6.45) is -3.02. The van der Waals surface area contributed by atoms with E-state index in [9.17, 15) is 13.2 Å². The Bertz CT molecular complexity index is 505. The molecular weight excluding hydrogens is 237 g/mol. The van der Waals surface area contributed by atoms with Gasteiger partial charge in [0, 0.05) is 5.56 Å². The van der Waals surface area contributed by atoms with Crippen LogP contribution in [0.3, 0.4) is 0 Å². The van der Waals surface area contributed by atoms with Crippen molar-refractivity contribution >= 4 is 16.3 Å². The van der Waals surface area contributed by atoms with Gasteiger partial charge in [-0.25, -0.2) is 4.98 Å². The van der Waals surface area contributed by atoms with Gasteiger partial charge in [0.25, 0.3) is 0 Å². The largest absolute Gasteiger partial charge is 0.417 e. The van der Waals surface area contributed by atoms with Gasteiger partial charge in [-0.05, 0) is 6.07 Å². The number of anilines is 1. The van der Waals surface area contributed by atoms with E-state index in [0.717, 1.165) is 17.4 Å². The molecule has 0 spiro atoms. The van der Waals surface area contributed by atoms with Gasteiger partial charge in [-0.3, -0.25) is 0 Å². The number of halogens is 3. The van der Waals surface area contributed by atoms with Crippen molar-refractivity contribution in [1.82, 2.24) is 4.98 Å². The molecule has 84 valence electrons. The number of nitrogens with two attached hydrogens (primary N) is 1. The zero-order chi connectivity index (χ0) is 11.8. The molecule has 0 aliphatic carbocycles. The summed E-state index contributed by atoms with van der Waals surface area (Å²) in [5.74, 6) is 0. The van der Waals surface area contributed by atoms with Gasteiger partial charge in [-0.1, -0.05) is 29.5 Å². The first kappa shape index (κ1) is 10.9.